The second-order valence-electron chi connectivity index (χ2n) is 8.68. The number of rotatable bonds is 7. The van der Waals surface area contributed by atoms with E-state index in [0.717, 1.165) is 22.0 Å². The van der Waals surface area contributed by atoms with E-state index in [1.807, 2.05) is 26.0 Å². The Labute approximate surface area is 219 Å². The predicted octanol–water partition coefficient (Wildman–Crippen LogP) is 6.25. The third-order valence-corrected chi connectivity index (χ3v) is 5.86. The lowest BCUT2D eigenvalue weighted by Gasteiger charge is -2.16. The lowest BCUT2D eigenvalue weighted by Crippen LogP contribution is -2.10. The molecular weight excluding hydrogens is 487 g/mol. The minimum absolute atomic E-state index is 0.145. The highest BCUT2D eigenvalue weighted by atomic mass is 19.1. The maximum Gasteiger partial charge on any atom is 0.308 e. The molecule has 4 rings (SSSR count). The first-order chi connectivity index (χ1) is 18.2. The van der Waals surface area contributed by atoms with Gasteiger partial charge >= 0.3 is 5.97 Å². The van der Waals surface area contributed by atoms with Gasteiger partial charge in [-0.15, -0.1) is 0 Å². The Balaban J connectivity index is 1.72. The largest absolute Gasteiger partial charge is 0.493 e. The Morgan fingerprint density at radius 1 is 1.00 bits per heavy atom. The summed E-state index contributed by atoms with van der Waals surface area (Å²) in [6.07, 6.45) is 4.43. The summed E-state index contributed by atoms with van der Waals surface area (Å²) in [5.41, 5.74) is 4.54. The fourth-order valence-corrected chi connectivity index (χ4v) is 4.30. The highest BCUT2D eigenvalue weighted by molar-refractivity contribution is 6.09. The monoisotopic (exact) mass is 514 g/mol. The number of benzene rings is 3. The fraction of sp³-hybridized carbons (Fsp3) is 0.167. The molecule has 1 heterocycles. The van der Waals surface area contributed by atoms with E-state index in [-0.39, 0.29) is 17.2 Å². The average Bonchev–Trinajstić information content (AvgIpc) is 2.88. The molecule has 0 bridgehead atoms. The summed E-state index contributed by atoms with van der Waals surface area (Å²) in [6, 6.07) is 13.6. The van der Waals surface area contributed by atoms with Crippen LogP contribution >= 0.6 is 0 Å². The van der Waals surface area contributed by atoms with Gasteiger partial charge in [-0.05, 0) is 55.3 Å². The van der Waals surface area contributed by atoms with Crippen LogP contribution in [0.2, 0.25) is 0 Å². The highest BCUT2D eigenvalue weighted by Gasteiger charge is 2.18. The summed E-state index contributed by atoms with van der Waals surface area (Å²) in [5.74, 6) is -0.694. The minimum Gasteiger partial charge on any atom is -0.493 e. The van der Waals surface area contributed by atoms with Crippen molar-refractivity contribution in [3.8, 4) is 28.4 Å². The van der Waals surface area contributed by atoms with Crippen molar-refractivity contribution in [2.24, 2.45) is 0 Å². The van der Waals surface area contributed by atoms with Crippen LogP contribution in [0.4, 0.5) is 10.1 Å². The van der Waals surface area contributed by atoms with Crippen molar-refractivity contribution in [3.63, 3.8) is 0 Å². The molecule has 0 spiro atoms. The van der Waals surface area contributed by atoms with E-state index in [4.69, 9.17) is 14.2 Å². The third-order valence-electron chi connectivity index (χ3n) is 5.86. The molecule has 0 unspecified atom stereocenters. The molecule has 0 radical (unpaired) electrons. The molecule has 7 nitrogen and oxygen atoms in total. The molecule has 38 heavy (non-hydrogen) atoms. The molecule has 194 valence electrons. The van der Waals surface area contributed by atoms with E-state index >= 15 is 0 Å². The number of amides is 1. The Bertz CT molecular complexity index is 1550. The molecule has 0 aliphatic heterocycles. The molecule has 0 saturated heterocycles. The number of esters is 1. The second-order valence-corrected chi connectivity index (χ2v) is 8.68. The number of hydrogen-bond acceptors (Lipinski definition) is 6. The van der Waals surface area contributed by atoms with E-state index in [0.29, 0.717) is 22.4 Å². The quantitative estimate of drug-likeness (QED) is 0.178. The lowest BCUT2D eigenvalue weighted by molar-refractivity contribution is -0.132. The molecule has 0 saturated carbocycles. The number of ether oxygens (including phenoxy) is 3. The summed E-state index contributed by atoms with van der Waals surface area (Å²) in [6.45, 7) is 5.18. The van der Waals surface area contributed by atoms with Crippen LogP contribution < -0.4 is 19.5 Å². The molecule has 0 fully saturated rings. The number of carbonyl (C=O) groups is 2. The summed E-state index contributed by atoms with van der Waals surface area (Å²) >= 11 is 0. The Morgan fingerprint density at radius 3 is 2.32 bits per heavy atom. The summed E-state index contributed by atoms with van der Waals surface area (Å²) in [4.78, 5) is 29.0. The zero-order chi connectivity index (χ0) is 27.4. The van der Waals surface area contributed by atoms with E-state index in [2.05, 4.69) is 10.3 Å². The van der Waals surface area contributed by atoms with Crippen molar-refractivity contribution < 1.29 is 28.2 Å². The maximum absolute atomic E-state index is 14.9. The number of halogens is 1. The smallest absolute Gasteiger partial charge is 0.308 e. The van der Waals surface area contributed by atoms with Crippen LogP contribution in [0.5, 0.6) is 17.2 Å². The van der Waals surface area contributed by atoms with Gasteiger partial charge in [0.05, 0.1) is 31.6 Å². The van der Waals surface area contributed by atoms with Crippen molar-refractivity contribution in [2.45, 2.75) is 20.8 Å². The molecular formula is C30H27FN2O5. The molecule has 0 atom stereocenters. The highest BCUT2D eigenvalue weighted by Crippen LogP contribution is 2.40. The Kier molecular flexibility index (Phi) is 7.71. The van der Waals surface area contributed by atoms with Crippen molar-refractivity contribution in [1.82, 2.24) is 4.98 Å². The first-order valence-electron chi connectivity index (χ1n) is 11.8. The number of pyridine rings is 1. The van der Waals surface area contributed by atoms with Gasteiger partial charge in [-0.1, -0.05) is 29.8 Å². The number of methoxy groups -OCH3 is 2. The van der Waals surface area contributed by atoms with E-state index in [1.165, 1.54) is 39.5 Å². The normalized spacial score (nSPS) is 11.0. The Morgan fingerprint density at radius 2 is 1.68 bits per heavy atom. The van der Waals surface area contributed by atoms with Gasteiger partial charge in [-0.3, -0.25) is 14.6 Å². The topological polar surface area (TPSA) is 86.8 Å². The van der Waals surface area contributed by atoms with Crippen LogP contribution in [0.25, 0.3) is 28.1 Å². The maximum atomic E-state index is 14.9. The van der Waals surface area contributed by atoms with E-state index in [9.17, 15) is 14.0 Å². The molecule has 8 heteroatoms. The molecule has 1 amide bonds. The van der Waals surface area contributed by atoms with Gasteiger partial charge in [0.2, 0.25) is 11.7 Å². The van der Waals surface area contributed by atoms with Gasteiger partial charge < -0.3 is 19.5 Å². The second kappa shape index (κ2) is 11.1. The van der Waals surface area contributed by atoms with Crippen molar-refractivity contribution >= 4 is 34.5 Å². The number of anilines is 1. The van der Waals surface area contributed by atoms with Crippen LogP contribution in [-0.2, 0) is 9.59 Å². The number of nitrogens with zero attached hydrogens (tertiary/aromatic N) is 1. The molecule has 3 aromatic carbocycles. The number of aromatic nitrogens is 1. The number of nitrogens with one attached hydrogen (secondary N) is 1. The van der Waals surface area contributed by atoms with Crippen molar-refractivity contribution in [3.05, 3.63) is 83.3 Å². The van der Waals surface area contributed by atoms with Gasteiger partial charge in [0.25, 0.3) is 0 Å². The molecule has 0 aliphatic carbocycles. The van der Waals surface area contributed by atoms with Gasteiger partial charge in [-0.25, -0.2) is 4.39 Å². The predicted molar refractivity (Wildman–Crippen MR) is 145 cm³/mol. The summed E-state index contributed by atoms with van der Waals surface area (Å²) in [5, 5.41) is 3.59. The molecule has 0 aliphatic rings. The summed E-state index contributed by atoms with van der Waals surface area (Å²) in [7, 11) is 2.87. The fourth-order valence-electron chi connectivity index (χ4n) is 4.30. The number of fused-ring (bicyclic) bond motifs is 1. The first kappa shape index (κ1) is 26.3. The SMILES string of the molecule is COc1cc(/C=C/C(=O)Nc2cnc3c(C)cc(C)cc3c2-c2ccccc2F)cc(OC)c1OC(C)=O. The van der Waals surface area contributed by atoms with Crippen LogP contribution in [0.1, 0.15) is 23.6 Å². The van der Waals surface area contributed by atoms with Gasteiger partial charge in [-0.2, -0.15) is 0 Å². The van der Waals surface area contributed by atoms with Crippen LogP contribution in [0.15, 0.2) is 60.8 Å². The number of hydrogen-bond donors (Lipinski definition) is 1. The standard InChI is InChI=1S/C30H27FN2O5/c1-17-12-18(2)29-22(13-17)28(21-8-6-7-9-23(21)31)24(16-32-29)33-27(35)11-10-20-14-25(36-4)30(38-19(3)34)26(15-20)37-5/h6-16H,1-5H3,(H,33,35)/b11-10+. The van der Waals surface area contributed by atoms with Crippen LogP contribution in [0, 0.1) is 19.7 Å². The van der Waals surface area contributed by atoms with Gasteiger partial charge in [0.15, 0.2) is 11.5 Å². The molecule has 4 aromatic rings. The van der Waals surface area contributed by atoms with Crippen LogP contribution in [-0.4, -0.2) is 31.1 Å². The first-order valence-corrected chi connectivity index (χ1v) is 11.8. The zero-order valence-corrected chi connectivity index (χ0v) is 21.7. The molecule has 1 aromatic heterocycles. The van der Waals surface area contributed by atoms with Crippen molar-refractivity contribution in [2.75, 3.05) is 19.5 Å². The average molecular weight is 515 g/mol. The summed E-state index contributed by atoms with van der Waals surface area (Å²) < 4.78 is 30.8. The van der Waals surface area contributed by atoms with Gasteiger partial charge in [0.1, 0.15) is 5.82 Å². The number of carbonyl (C=O) groups excluding carboxylic acids is 2. The van der Waals surface area contributed by atoms with Crippen molar-refractivity contribution in [1.29, 1.82) is 0 Å². The Hall–Kier alpha value is -4.72. The van der Waals surface area contributed by atoms with Gasteiger partial charge in [0, 0.05) is 29.5 Å². The van der Waals surface area contributed by atoms with Crippen LogP contribution in [0.3, 0.4) is 0 Å². The molecule has 1 N–H and O–H groups in total. The minimum atomic E-state index is -0.524. The zero-order valence-electron chi connectivity index (χ0n) is 21.7. The van der Waals surface area contributed by atoms with E-state index < -0.39 is 17.7 Å². The number of aryl methyl sites for hydroxylation is 2. The third kappa shape index (κ3) is 5.49. The lowest BCUT2D eigenvalue weighted by atomic mass is 9.96. The van der Waals surface area contributed by atoms with E-state index in [1.54, 1.807) is 36.4 Å².